The van der Waals surface area contributed by atoms with Crippen LogP contribution >= 0.6 is 0 Å². The molecule has 5 fully saturated rings. The van der Waals surface area contributed by atoms with E-state index in [4.69, 9.17) is 4.74 Å². The van der Waals surface area contributed by atoms with E-state index < -0.39 is 17.8 Å². The SMILES string of the molecule is CCC[C@H]1C(C)(C)C(O)CCC12CC21CCC2(C)[C@@H]3C(OC(C(=O)C(C)(C)O)C[C@H]3C)[C@H](O)[C@@]2(C)C1. The predicted octanol–water partition coefficient (Wildman–Crippen LogP) is 5.28. The number of carbonyl (C=O) groups is 1. The highest BCUT2D eigenvalue weighted by Gasteiger charge is 2.79. The zero-order valence-electron chi connectivity index (χ0n) is 24.1. The van der Waals surface area contributed by atoms with E-state index in [1.165, 1.54) is 26.7 Å². The maximum atomic E-state index is 13.0. The molecule has 3 N–H and O–H groups in total. The molecular formula is C31H52O5. The van der Waals surface area contributed by atoms with Gasteiger partial charge in [0.2, 0.25) is 0 Å². The van der Waals surface area contributed by atoms with Gasteiger partial charge < -0.3 is 20.1 Å². The number of hydrogen-bond donors (Lipinski definition) is 3. The highest BCUT2D eigenvalue weighted by molar-refractivity contribution is 5.90. The minimum absolute atomic E-state index is 0.0434. The lowest BCUT2D eigenvalue weighted by Gasteiger charge is -2.56. The molecule has 0 aromatic heterocycles. The van der Waals surface area contributed by atoms with Gasteiger partial charge in [0.25, 0.3) is 0 Å². The lowest BCUT2D eigenvalue weighted by atomic mass is 9.48. The normalized spacial score (nSPS) is 53.8. The molecule has 36 heavy (non-hydrogen) atoms. The summed E-state index contributed by atoms with van der Waals surface area (Å²) in [5.74, 6) is 0.705. The summed E-state index contributed by atoms with van der Waals surface area (Å²) in [7, 11) is 0. The molecule has 11 atom stereocenters. The molecule has 1 heterocycles. The summed E-state index contributed by atoms with van der Waals surface area (Å²) < 4.78 is 6.44. The Morgan fingerprint density at radius 1 is 1.03 bits per heavy atom. The van der Waals surface area contributed by atoms with Crippen LogP contribution in [0.2, 0.25) is 0 Å². The van der Waals surface area contributed by atoms with Gasteiger partial charge in [-0.25, -0.2) is 0 Å². The van der Waals surface area contributed by atoms with Crippen LogP contribution in [0.25, 0.3) is 0 Å². The van der Waals surface area contributed by atoms with Crippen molar-refractivity contribution in [1.82, 2.24) is 0 Å². The topological polar surface area (TPSA) is 87.0 Å². The van der Waals surface area contributed by atoms with Crippen LogP contribution in [0.4, 0.5) is 0 Å². The Bertz CT molecular complexity index is 907. The molecule has 0 aromatic rings. The molecule has 5 heteroatoms. The molecule has 0 aromatic carbocycles. The number of ketones is 1. The maximum Gasteiger partial charge on any atom is 0.192 e. The first kappa shape index (κ1) is 27.1. The van der Waals surface area contributed by atoms with Crippen molar-refractivity contribution in [2.75, 3.05) is 0 Å². The van der Waals surface area contributed by atoms with Crippen LogP contribution < -0.4 is 0 Å². The Morgan fingerprint density at radius 2 is 1.69 bits per heavy atom. The molecule has 206 valence electrons. The van der Waals surface area contributed by atoms with Crippen molar-refractivity contribution in [1.29, 1.82) is 0 Å². The molecule has 0 bridgehead atoms. The third kappa shape index (κ3) is 3.31. The Labute approximate surface area is 218 Å². The molecule has 1 saturated heterocycles. The van der Waals surface area contributed by atoms with Gasteiger partial charge in [0.05, 0.1) is 18.3 Å². The van der Waals surface area contributed by atoms with Crippen LogP contribution in [0.1, 0.15) is 113 Å². The molecule has 2 spiro atoms. The van der Waals surface area contributed by atoms with E-state index in [1.54, 1.807) is 0 Å². The van der Waals surface area contributed by atoms with Gasteiger partial charge in [0, 0.05) is 5.41 Å². The van der Waals surface area contributed by atoms with E-state index in [1.807, 2.05) is 0 Å². The maximum absolute atomic E-state index is 13.0. The van der Waals surface area contributed by atoms with Crippen molar-refractivity contribution in [3.8, 4) is 0 Å². The van der Waals surface area contributed by atoms with Crippen LogP contribution in [0.15, 0.2) is 0 Å². The van der Waals surface area contributed by atoms with E-state index in [0.717, 1.165) is 38.5 Å². The molecule has 1 aliphatic heterocycles. The third-order valence-electron chi connectivity index (χ3n) is 13.1. The molecule has 0 radical (unpaired) electrons. The standard InChI is InChI=1S/C31H52O5/c1-9-10-20-26(3,4)21(32)11-12-31(20)17-30(31)14-13-28(7)22-18(2)15-19(24(33)27(5,6)35)36-23(22)25(34)29(28,8)16-30/h18-23,25,32,34-35H,9-17H2,1-8H3/t18-,19?,20+,21?,22+,23?,25+,28?,29-,30?,31?/m1/s1. The summed E-state index contributed by atoms with van der Waals surface area (Å²) in [5, 5.41) is 33.3. The smallest absolute Gasteiger partial charge is 0.192 e. The fourth-order valence-corrected chi connectivity index (χ4v) is 10.9. The molecule has 5 rings (SSSR count). The van der Waals surface area contributed by atoms with Crippen LogP contribution in [0.5, 0.6) is 0 Å². The van der Waals surface area contributed by atoms with Gasteiger partial charge in [-0.1, -0.05) is 48.0 Å². The van der Waals surface area contributed by atoms with Gasteiger partial charge in [-0.3, -0.25) is 4.79 Å². The summed E-state index contributed by atoms with van der Waals surface area (Å²) in [5.41, 5.74) is -1.32. The van der Waals surface area contributed by atoms with Crippen LogP contribution in [-0.4, -0.2) is 51.1 Å². The number of hydrogen-bond acceptors (Lipinski definition) is 5. The second-order valence-electron chi connectivity index (χ2n) is 15.5. The highest BCUT2D eigenvalue weighted by Crippen LogP contribution is 2.84. The van der Waals surface area contributed by atoms with E-state index in [2.05, 4.69) is 41.5 Å². The van der Waals surface area contributed by atoms with Crippen molar-refractivity contribution in [2.45, 2.75) is 143 Å². The fraction of sp³-hybridized carbons (Fsp3) is 0.968. The number of aliphatic hydroxyl groups is 3. The number of aliphatic hydroxyl groups excluding tert-OH is 2. The molecule has 5 aliphatic rings. The van der Waals surface area contributed by atoms with Crippen LogP contribution in [0, 0.1) is 44.8 Å². The predicted molar refractivity (Wildman–Crippen MR) is 140 cm³/mol. The molecule has 6 unspecified atom stereocenters. The molecule has 4 saturated carbocycles. The lowest BCUT2D eigenvalue weighted by Crippen LogP contribution is -2.52. The second-order valence-corrected chi connectivity index (χ2v) is 15.5. The van der Waals surface area contributed by atoms with Gasteiger partial charge >= 0.3 is 0 Å². The highest BCUT2D eigenvalue weighted by atomic mass is 16.5. The van der Waals surface area contributed by atoms with E-state index in [9.17, 15) is 20.1 Å². The largest absolute Gasteiger partial charge is 0.393 e. The first-order valence-electron chi connectivity index (χ1n) is 14.8. The Kier molecular flexibility index (Phi) is 6.04. The van der Waals surface area contributed by atoms with E-state index in [0.29, 0.717) is 12.3 Å². The van der Waals surface area contributed by atoms with Crippen molar-refractivity contribution >= 4 is 5.78 Å². The minimum Gasteiger partial charge on any atom is -0.393 e. The van der Waals surface area contributed by atoms with Gasteiger partial charge in [-0.15, -0.1) is 0 Å². The van der Waals surface area contributed by atoms with E-state index in [-0.39, 0.29) is 56.9 Å². The summed E-state index contributed by atoms with van der Waals surface area (Å²) in [6, 6.07) is 0. The Balaban J connectivity index is 1.46. The van der Waals surface area contributed by atoms with Crippen LogP contribution in [0.3, 0.4) is 0 Å². The molecule has 5 nitrogen and oxygen atoms in total. The lowest BCUT2D eigenvalue weighted by molar-refractivity contribution is -0.174. The van der Waals surface area contributed by atoms with Crippen molar-refractivity contribution in [2.24, 2.45) is 44.8 Å². The molecule has 0 amide bonds. The zero-order valence-corrected chi connectivity index (χ0v) is 24.1. The summed E-state index contributed by atoms with van der Waals surface area (Å²) >= 11 is 0. The Morgan fingerprint density at radius 3 is 2.31 bits per heavy atom. The summed E-state index contributed by atoms with van der Waals surface area (Å²) in [6.07, 6.45) is 7.56. The van der Waals surface area contributed by atoms with Crippen molar-refractivity contribution in [3.63, 3.8) is 0 Å². The van der Waals surface area contributed by atoms with Gasteiger partial charge in [0.1, 0.15) is 11.7 Å². The third-order valence-corrected chi connectivity index (χ3v) is 13.1. The minimum atomic E-state index is -1.43. The number of fused-ring (bicyclic) bond motifs is 4. The quantitative estimate of drug-likeness (QED) is 0.485. The summed E-state index contributed by atoms with van der Waals surface area (Å²) in [4.78, 5) is 13.0. The first-order chi connectivity index (χ1) is 16.5. The first-order valence-corrected chi connectivity index (χ1v) is 14.8. The number of rotatable bonds is 4. The Hall–Kier alpha value is -0.490. The van der Waals surface area contributed by atoms with Gasteiger partial charge in [0.15, 0.2) is 5.78 Å². The van der Waals surface area contributed by atoms with Gasteiger partial charge in [-0.2, -0.15) is 0 Å². The van der Waals surface area contributed by atoms with Crippen molar-refractivity contribution in [3.05, 3.63) is 0 Å². The zero-order chi connectivity index (χ0) is 26.7. The van der Waals surface area contributed by atoms with Gasteiger partial charge in [-0.05, 0) is 105 Å². The molecule has 4 aliphatic carbocycles. The summed E-state index contributed by atoms with van der Waals surface area (Å²) in [6.45, 7) is 16.8. The second kappa shape index (κ2) is 8.02. The average Bonchev–Trinajstić information content (AvgIpc) is 3.35. The van der Waals surface area contributed by atoms with Crippen LogP contribution in [-0.2, 0) is 9.53 Å². The monoisotopic (exact) mass is 504 g/mol. The molecular weight excluding hydrogens is 452 g/mol. The van der Waals surface area contributed by atoms with E-state index >= 15 is 0 Å². The number of carbonyl (C=O) groups excluding carboxylic acids is 1. The van der Waals surface area contributed by atoms with Crippen molar-refractivity contribution < 1.29 is 24.9 Å². The fourth-order valence-electron chi connectivity index (χ4n) is 10.9. The number of Topliss-reactive ketones (excluding diaryl/α,β-unsaturated/α-hetero) is 1. The average molecular weight is 505 g/mol. The number of ether oxygens (including phenoxy) is 1.